The van der Waals surface area contributed by atoms with Crippen LogP contribution in [0.2, 0.25) is 0 Å². The lowest BCUT2D eigenvalue weighted by molar-refractivity contribution is 0.714. The van der Waals surface area contributed by atoms with Gasteiger partial charge in [-0.15, -0.1) is 0 Å². The highest BCUT2D eigenvalue weighted by molar-refractivity contribution is 5.98. The van der Waals surface area contributed by atoms with Gasteiger partial charge in [0.25, 0.3) is 0 Å². The molecule has 13 rings (SSSR count). The summed E-state index contributed by atoms with van der Waals surface area (Å²) in [5.41, 5.74) is 23.2. The van der Waals surface area contributed by atoms with Crippen LogP contribution in [0.25, 0.3) is 66.4 Å². The van der Waals surface area contributed by atoms with Crippen LogP contribution in [-0.4, -0.2) is 0 Å². The van der Waals surface area contributed by atoms with Gasteiger partial charge in [0, 0.05) is 27.8 Å². The Morgan fingerprint density at radius 1 is 0.275 bits per heavy atom. The predicted molar refractivity (Wildman–Crippen MR) is 290 cm³/mol. The summed E-state index contributed by atoms with van der Waals surface area (Å²) >= 11 is 0. The van der Waals surface area contributed by atoms with Crippen molar-refractivity contribution in [1.29, 1.82) is 0 Å². The molecule has 0 saturated carbocycles. The molecule has 1 heteroatoms. The molecule has 0 fully saturated rings. The second-order valence-corrected chi connectivity index (χ2v) is 19.1. The minimum absolute atomic E-state index is 0.263. The van der Waals surface area contributed by atoms with Crippen molar-refractivity contribution in [3.05, 3.63) is 294 Å². The van der Waals surface area contributed by atoms with E-state index in [0.717, 1.165) is 17.1 Å². The number of benzene rings is 11. The molecule has 0 heterocycles. The Kier molecular flexibility index (Phi) is 9.49. The van der Waals surface area contributed by atoms with Crippen molar-refractivity contribution < 1.29 is 0 Å². The van der Waals surface area contributed by atoms with E-state index in [1.165, 1.54) is 99.8 Å². The zero-order chi connectivity index (χ0) is 46.1. The maximum Gasteiger partial charge on any atom is 0.0540 e. The van der Waals surface area contributed by atoms with Crippen molar-refractivity contribution in [3.63, 3.8) is 0 Å². The Hall–Kier alpha value is -8.52. The summed E-state index contributed by atoms with van der Waals surface area (Å²) in [6.07, 6.45) is 0. The molecule has 0 N–H and O–H groups in total. The molecule has 0 bridgehead atoms. The van der Waals surface area contributed by atoms with Crippen LogP contribution in [-0.2, 0) is 10.8 Å². The molecule has 11 aromatic rings. The summed E-state index contributed by atoms with van der Waals surface area (Å²) in [7, 11) is 0. The molecule has 69 heavy (non-hydrogen) atoms. The van der Waals surface area contributed by atoms with E-state index in [4.69, 9.17) is 0 Å². The number of nitrogens with zero attached hydrogens (tertiary/aromatic N) is 1. The van der Waals surface area contributed by atoms with Gasteiger partial charge < -0.3 is 4.90 Å². The third-order valence-corrected chi connectivity index (χ3v) is 15.5. The average Bonchev–Trinajstić information content (AvgIpc) is 3.84. The summed E-state index contributed by atoms with van der Waals surface area (Å²) in [4.78, 5) is 2.44. The standard InChI is InChI=1S/C68H49N/c1-67(51-20-5-3-6-21-51)62-29-14-11-26-58(62)60-42-36-49(44-64(60)67)46-32-38-53(39-33-46)69(54-40-34-48(35-41-54)56-28-17-19-47-18-9-10-24-55(47)56)66-31-16-13-25-57(66)50-37-43-61-59-27-12-15-30-63(59)68(2,65(61)45-50)52-22-7-4-8-23-52/h3-45H,1-2H3. The molecule has 0 aromatic heterocycles. The largest absolute Gasteiger partial charge is 0.310 e. The smallest absolute Gasteiger partial charge is 0.0540 e. The van der Waals surface area contributed by atoms with E-state index in [9.17, 15) is 0 Å². The molecule has 2 aliphatic carbocycles. The van der Waals surface area contributed by atoms with Gasteiger partial charge in [0.15, 0.2) is 0 Å². The van der Waals surface area contributed by atoms with Crippen LogP contribution in [0.15, 0.2) is 261 Å². The molecule has 1 nitrogen and oxygen atoms in total. The van der Waals surface area contributed by atoms with Crippen LogP contribution >= 0.6 is 0 Å². The topological polar surface area (TPSA) is 3.24 Å². The predicted octanol–water partition coefficient (Wildman–Crippen LogP) is 18.0. The highest BCUT2D eigenvalue weighted by atomic mass is 15.1. The third kappa shape index (κ3) is 6.38. The van der Waals surface area contributed by atoms with Crippen molar-refractivity contribution >= 4 is 27.8 Å². The van der Waals surface area contributed by atoms with Crippen molar-refractivity contribution in [2.75, 3.05) is 4.90 Å². The number of hydrogen-bond donors (Lipinski definition) is 0. The van der Waals surface area contributed by atoms with Crippen LogP contribution < -0.4 is 4.90 Å². The van der Waals surface area contributed by atoms with Crippen LogP contribution in [0, 0.1) is 0 Å². The zero-order valence-electron chi connectivity index (χ0n) is 38.8. The maximum atomic E-state index is 2.46. The van der Waals surface area contributed by atoms with Crippen LogP contribution in [0.3, 0.4) is 0 Å². The van der Waals surface area contributed by atoms with E-state index in [0.29, 0.717) is 0 Å². The summed E-state index contributed by atoms with van der Waals surface area (Å²) in [6, 6.07) is 96.6. The van der Waals surface area contributed by atoms with Gasteiger partial charge in [0.1, 0.15) is 0 Å². The number of para-hydroxylation sites is 1. The lowest BCUT2D eigenvalue weighted by Crippen LogP contribution is -2.22. The average molecular weight is 880 g/mol. The van der Waals surface area contributed by atoms with E-state index in [1.807, 2.05) is 0 Å². The molecule has 2 atom stereocenters. The Morgan fingerprint density at radius 2 is 0.696 bits per heavy atom. The van der Waals surface area contributed by atoms with E-state index in [2.05, 4.69) is 280 Å². The summed E-state index contributed by atoms with van der Waals surface area (Å²) in [5, 5.41) is 2.50. The third-order valence-electron chi connectivity index (χ3n) is 15.5. The quantitative estimate of drug-likeness (QED) is 0.147. The first-order valence-corrected chi connectivity index (χ1v) is 24.2. The van der Waals surface area contributed by atoms with Crippen LogP contribution in [0.4, 0.5) is 17.1 Å². The highest BCUT2D eigenvalue weighted by Crippen LogP contribution is 2.55. The first-order chi connectivity index (χ1) is 34.0. The van der Waals surface area contributed by atoms with E-state index >= 15 is 0 Å². The SMILES string of the molecule is CC1(c2ccccc2)c2ccccc2-c2ccc(-c3ccc(N(c4ccc(-c5cccc6ccccc56)cc4)c4ccccc4-c4ccc5c(c4)C(C)(c4ccccc4)c4ccccc4-5)cc3)cc21. The number of fused-ring (bicyclic) bond motifs is 7. The van der Waals surface area contributed by atoms with Gasteiger partial charge >= 0.3 is 0 Å². The highest BCUT2D eigenvalue weighted by Gasteiger charge is 2.42. The second-order valence-electron chi connectivity index (χ2n) is 19.1. The molecular weight excluding hydrogens is 831 g/mol. The van der Waals surface area contributed by atoms with E-state index in [-0.39, 0.29) is 10.8 Å². The molecular formula is C68H49N. The van der Waals surface area contributed by atoms with E-state index in [1.54, 1.807) is 0 Å². The molecule has 0 saturated heterocycles. The van der Waals surface area contributed by atoms with Gasteiger partial charge in [-0.05, 0) is 151 Å². The Morgan fingerprint density at radius 3 is 1.30 bits per heavy atom. The summed E-state index contributed by atoms with van der Waals surface area (Å²) in [5.74, 6) is 0. The fourth-order valence-electron chi connectivity index (χ4n) is 11.9. The second kappa shape index (κ2) is 16.1. The fraction of sp³-hybridized carbons (Fsp3) is 0.0588. The van der Waals surface area contributed by atoms with Gasteiger partial charge in [-0.2, -0.15) is 0 Å². The summed E-state index contributed by atoms with van der Waals surface area (Å²) < 4.78 is 0. The number of rotatable bonds is 8. The van der Waals surface area contributed by atoms with Gasteiger partial charge in [-0.1, -0.05) is 218 Å². The normalized spacial score (nSPS) is 16.4. The Bertz CT molecular complexity index is 3730. The van der Waals surface area contributed by atoms with Crippen molar-refractivity contribution in [3.8, 4) is 55.6 Å². The lowest BCUT2D eigenvalue weighted by Gasteiger charge is -2.30. The monoisotopic (exact) mass is 879 g/mol. The van der Waals surface area contributed by atoms with Crippen molar-refractivity contribution in [2.45, 2.75) is 24.7 Å². The van der Waals surface area contributed by atoms with Crippen molar-refractivity contribution in [2.24, 2.45) is 0 Å². The molecule has 0 amide bonds. The van der Waals surface area contributed by atoms with Crippen LogP contribution in [0.5, 0.6) is 0 Å². The Balaban J connectivity index is 0.940. The van der Waals surface area contributed by atoms with Crippen LogP contribution in [0.1, 0.15) is 47.2 Å². The van der Waals surface area contributed by atoms with Gasteiger partial charge in [0.05, 0.1) is 5.69 Å². The molecule has 2 unspecified atom stereocenters. The van der Waals surface area contributed by atoms with Crippen molar-refractivity contribution in [1.82, 2.24) is 0 Å². The first-order valence-electron chi connectivity index (χ1n) is 24.2. The zero-order valence-corrected chi connectivity index (χ0v) is 38.8. The summed E-state index contributed by atoms with van der Waals surface area (Å²) in [6.45, 7) is 4.79. The minimum atomic E-state index is -0.302. The van der Waals surface area contributed by atoms with E-state index < -0.39 is 0 Å². The minimum Gasteiger partial charge on any atom is -0.310 e. The fourth-order valence-corrected chi connectivity index (χ4v) is 11.9. The molecule has 0 radical (unpaired) electrons. The molecule has 0 spiro atoms. The van der Waals surface area contributed by atoms with Gasteiger partial charge in [-0.25, -0.2) is 0 Å². The first kappa shape index (κ1) is 40.7. The number of anilines is 3. The van der Waals surface area contributed by atoms with Gasteiger partial charge in [-0.3, -0.25) is 0 Å². The maximum absolute atomic E-state index is 2.46. The lowest BCUT2D eigenvalue weighted by atomic mass is 9.74. The van der Waals surface area contributed by atoms with Gasteiger partial charge in [0.2, 0.25) is 0 Å². The molecule has 326 valence electrons. The number of hydrogen-bond acceptors (Lipinski definition) is 1. The molecule has 0 aliphatic heterocycles. The molecule has 2 aliphatic rings. The molecule has 11 aromatic carbocycles. The Labute approximate surface area is 405 Å².